The van der Waals surface area contributed by atoms with Crippen molar-refractivity contribution < 1.29 is 28.3 Å². The molecule has 0 saturated heterocycles. The number of hydrogen-bond donors (Lipinski definition) is 2. The summed E-state index contributed by atoms with van der Waals surface area (Å²) in [5, 5.41) is 9.50. The zero-order valence-corrected chi connectivity index (χ0v) is 17.2. The molecule has 0 bridgehead atoms. The summed E-state index contributed by atoms with van der Waals surface area (Å²) < 4.78 is 28.8. The highest BCUT2D eigenvalue weighted by atomic mass is 35.5. The van der Waals surface area contributed by atoms with Crippen LogP contribution in [0.4, 0.5) is 14.5 Å². The Morgan fingerprint density at radius 3 is 2.48 bits per heavy atom. The number of nitrogens with zero attached hydrogens (tertiary/aromatic N) is 2. The van der Waals surface area contributed by atoms with Gasteiger partial charge in [0.25, 0.3) is 11.7 Å². The Kier molecular flexibility index (Phi) is 5.57. The highest BCUT2D eigenvalue weighted by Crippen LogP contribution is 2.35. The molecule has 2 amide bonds. The molecule has 0 spiro atoms. The molecule has 1 aliphatic carbocycles. The molecule has 164 valence electrons. The van der Waals surface area contributed by atoms with E-state index in [0.717, 1.165) is 29.9 Å². The first-order valence-electron chi connectivity index (χ1n) is 9.92. The molecule has 1 saturated carbocycles. The van der Waals surface area contributed by atoms with E-state index in [0.29, 0.717) is 18.7 Å². The zero-order chi connectivity index (χ0) is 22.4. The topological polar surface area (TPSA) is 106 Å². The van der Waals surface area contributed by atoms with Gasteiger partial charge in [-0.1, -0.05) is 11.6 Å². The zero-order valence-electron chi connectivity index (χ0n) is 16.4. The summed E-state index contributed by atoms with van der Waals surface area (Å²) in [6.07, 6.45) is 1.71. The number of anilines is 1. The van der Waals surface area contributed by atoms with Gasteiger partial charge in [-0.2, -0.15) is 0 Å². The molecule has 0 atom stereocenters. The number of halogens is 3. The van der Waals surface area contributed by atoms with E-state index < -0.39 is 41.4 Å². The number of aliphatic hydroxyl groups is 1. The summed E-state index contributed by atoms with van der Waals surface area (Å²) in [5.41, 5.74) is 5.85. The maximum Gasteiger partial charge on any atom is 0.301 e. The van der Waals surface area contributed by atoms with Crippen LogP contribution < -0.4 is 10.6 Å². The minimum atomic E-state index is -1.17. The van der Waals surface area contributed by atoms with Crippen LogP contribution in [0.1, 0.15) is 52.2 Å². The molecular weight excluding hydrogens is 432 g/mol. The third-order valence-electron chi connectivity index (χ3n) is 5.87. The molecule has 3 N–H and O–H groups in total. The Morgan fingerprint density at radius 1 is 1.16 bits per heavy atom. The van der Waals surface area contributed by atoms with Gasteiger partial charge >= 0.3 is 5.91 Å². The number of aliphatic hydroxyl groups excluding tert-OH is 1. The van der Waals surface area contributed by atoms with Gasteiger partial charge < -0.3 is 20.3 Å². The van der Waals surface area contributed by atoms with E-state index in [1.807, 2.05) is 0 Å². The molecule has 0 unspecified atom stereocenters. The van der Waals surface area contributed by atoms with Crippen LogP contribution in [0, 0.1) is 11.6 Å². The van der Waals surface area contributed by atoms with Gasteiger partial charge in [-0.05, 0) is 44.2 Å². The van der Waals surface area contributed by atoms with E-state index in [1.54, 1.807) is 4.57 Å². The first-order valence-corrected chi connectivity index (χ1v) is 10.3. The summed E-state index contributed by atoms with van der Waals surface area (Å²) in [4.78, 5) is 39.6. The highest BCUT2D eigenvalue weighted by Gasteiger charge is 2.41. The fourth-order valence-electron chi connectivity index (χ4n) is 4.28. The average Bonchev–Trinajstić information content (AvgIpc) is 3.00. The van der Waals surface area contributed by atoms with Crippen molar-refractivity contribution in [2.45, 2.75) is 50.8 Å². The quantitative estimate of drug-likeness (QED) is 0.538. The number of hydrogen-bond acceptors (Lipinski definition) is 4. The van der Waals surface area contributed by atoms with Crippen molar-refractivity contribution in [2.24, 2.45) is 5.73 Å². The van der Waals surface area contributed by atoms with Crippen molar-refractivity contribution in [1.82, 2.24) is 4.57 Å². The van der Waals surface area contributed by atoms with Gasteiger partial charge in [0.2, 0.25) is 0 Å². The second kappa shape index (κ2) is 8.05. The Bertz CT molecular complexity index is 1090. The van der Waals surface area contributed by atoms with E-state index in [2.05, 4.69) is 0 Å². The lowest BCUT2D eigenvalue weighted by Crippen LogP contribution is -2.52. The molecule has 2 heterocycles. The van der Waals surface area contributed by atoms with Crippen LogP contribution in [0.15, 0.2) is 18.2 Å². The summed E-state index contributed by atoms with van der Waals surface area (Å²) in [6.45, 7) is 0.393. The number of amides is 2. The third-order valence-corrected chi connectivity index (χ3v) is 6.23. The predicted molar refractivity (Wildman–Crippen MR) is 108 cm³/mol. The molecule has 1 aromatic carbocycles. The fourth-order valence-corrected chi connectivity index (χ4v) is 4.67. The maximum absolute atomic E-state index is 13.8. The van der Waals surface area contributed by atoms with Gasteiger partial charge in [-0.3, -0.25) is 14.4 Å². The Morgan fingerprint density at radius 2 is 1.87 bits per heavy atom. The smallest absolute Gasteiger partial charge is 0.301 e. The summed E-state index contributed by atoms with van der Waals surface area (Å²) >= 11 is 6.34. The average molecular weight is 452 g/mol. The van der Waals surface area contributed by atoms with Crippen LogP contribution in [0.25, 0.3) is 0 Å². The number of benzene rings is 1. The van der Waals surface area contributed by atoms with Crippen molar-refractivity contribution in [3.63, 3.8) is 0 Å². The second-order valence-electron chi connectivity index (χ2n) is 7.84. The largest absolute Gasteiger partial charge is 0.393 e. The number of aromatic nitrogens is 1. The predicted octanol–water partition coefficient (Wildman–Crippen LogP) is 2.59. The van der Waals surface area contributed by atoms with Crippen molar-refractivity contribution in [1.29, 1.82) is 0 Å². The van der Waals surface area contributed by atoms with Crippen LogP contribution in [-0.2, 0) is 17.8 Å². The lowest BCUT2D eigenvalue weighted by atomic mass is 9.87. The molecule has 0 radical (unpaired) electrons. The van der Waals surface area contributed by atoms with Crippen LogP contribution >= 0.6 is 11.6 Å². The fraction of sp³-hybridized carbons (Fsp3) is 0.381. The minimum absolute atomic E-state index is 0.00850. The number of ketones is 1. The number of carbonyl (C=O) groups is 3. The molecular formula is C21H20ClF2N3O4. The number of carbonyl (C=O) groups excluding carboxylic acids is 3. The van der Waals surface area contributed by atoms with Crippen LogP contribution in [-0.4, -0.2) is 39.4 Å². The molecule has 1 aromatic heterocycles. The third kappa shape index (κ3) is 3.61. The number of fused-ring (bicyclic) bond motifs is 1. The van der Waals surface area contributed by atoms with E-state index in [-0.39, 0.29) is 34.8 Å². The number of rotatable bonds is 5. The lowest BCUT2D eigenvalue weighted by molar-refractivity contribution is -0.116. The molecule has 10 heteroatoms. The van der Waals surface area contributed by atoms with Gasteiger partial charge in [0.05, 0.1) is 16.7 Å². The Hall–Kier alpha value is -2.78. The molecule has 4 rings (SSSR count). The first kappa shape index (κ1) is 21.5. The number of nitrogens with two attached hydrogens (primary N) is 1. The molecule has 31 heavy (non-hydrogen) atoms. The van der Waals surface area contributed by atoms with Gasteiger partial charge in [0.1, 0.15) is 5.69 Å². The normalized spacial score (nSPS) is 20.0. The van der Waals surface area contributed by atoms with Crippen molar-refractivity contribution in [3.05, 3.63) is 51.8 Å². The number of Topliss-reactive ketones (excluding diaryl/α,β-unsaturated/α-hetero) is 1. The first-order chi connectivity index (χ1) is 14.7. The molecule has 7 nitrogen and oxygen atoms in total. The Balaban J connectivity index is 1.77. The monoisotopic (exact) mass is 451 g/mol. The van der Waals surface area contributed by atoms with E-state index in [4.69, 9.17) is 17.3 Å². The van der Waals surface area contributed by atoms with Gasteiger partial charge in [0, 0.05) is 30.0 Å². The Labute approximate surface area is 181 Å². The van der Waals surface area contributed by atoms with E-state index in [1.165, 1.54) is 6.07 Å². The van der Waals surface area contributed by atoms with Crippen molar-refractivity contribution >= 4 is 34.9 Å². The lowest BCUT2D eigenvalue weighted by Gasteiger charge is -2.40. The molecule has 1 fully saturated rings. The summed E-state index contributed by atoms with van der Waals surface area (Å²) in [7, 11) is 0. The van der Waals surface area contributed by atoms with Gasteiger partial charge in [-0.15, -0.1) is 0 Å². The van der Waals surface area contributed by atoms with E-state index >= 15 is 0 Å². The SMILES string of the molecule is NC(=O)c1c(Cl)c(C(=O)C(=O)N(c2ccc(F)c(F)c2)C2CC(O)C2)n2c1CCCC2. The van der Waals surface area contributed by atoms with Gasteiger partial charge in [0.15, 0.2) is 11.6 Å². The van der Waals surface area contributed by atoms with Crippen LogP contribution in [0.3, 0.4) is 0 Å². The standard InChI is InChI=1S/C21H20ClF2N3O4/c22-17-16(20(25)30)15-3-1-2-6-26(15)18(17)19(29)21(31)27(11-7-12(28)8-11)10-4-5-13(23)14(24)9-10/h4-5,9,11-12,28H,1-3,6-8H2,(H2,25,30). The van der Waals surface area contributed by atoms with Crippen molar-refractivity contribution in [3.8, 4) is 0 Å². The van der Waals surface area contributed by atoms with Crippen LogP contribution in [0.2, 0.25) is 5.02 Å². The minimum Gasteiger partial charge on any atom is -0.393 e. The van der Waals surface area contributed by atoms with Gasteiger partial charge in [-0.25, -0.2) is 8.78 Å². The molecule has 1 aliphatic heterocycles. The molecule has 2 aliphatic rings. The highest BCUT2D eigenvalue weighted by molar-refractivity contribution is 6.50. The second-order valence-corrected chi connectivity index (χ2v) is 8.22. The number of primary amides is 1. The van der Waals surface area contributed by atoms with Crippen LogP contribution in [0.5, 0.6) is 0 Å². The summed E-state index contributed by atoms with van der Waals surface area (Å²) in [5.74, 6) is -5.04. The summed E-state index contributed by atoms with van der Waals surface area (Å²) in [6, 6.07) is 2.32. The van der Waals surface area contributed by atoms with E-state index in [9.17, 15) is 28.3 Å². The maximum atomic E-state index is 13.8. The molecule has 2 aromatic rings. The van der Waals surface area contributed by atoms with Crippen molar-refractivity contribution in [2.75, 3.05) is 4.90 Å².